The fourth-order valence-corrected chi connectivity index (χ4v) is 2.98. The Morgan fingerprint density at radius 2 is 1.88 bits per heavy atom. The standard InChI is InChI=1S/C17H20F2N2O4/c18-12-3-4-14(13(19)10-12)25-11-16(22)20-5-7-21(8-6-20)17(23)15-2-1-9-24-15/h3-4,10,15H,1-2,5-9,11H2/t15-/m0/s1. The summed E-state index contributed by atoms with van der Waals surface area (Å²) in [6.07, 6.45) is 1.29. The molecule has 2 aliphatic heterocycles. The first-order valence-corrected chi connectivity index (χ1v) is 8.30. The highest BCUT2D eigenvalue weighted by molar-refractivity contribution is 5.82. The van der Waals surface area contributed by atoms with E-state index in [1.165, 1.54) is 0 Å². The summed E-state index contributed by atoms with van der Waals surface area (Å²) in [5.41, 5.74) is 0. The number of rotatable bonds is 4. The van der Waals surface area contributed by atoms with Gasteiger partial charge < -0.3 is 19.3 Å². The third kappa shape index (κ3) is 4.25. The molecule has 0 aliphatic carbocycles. The Bertz CT molecular complexity index is 642. The summed E-state index contributed by atoms with van der Waals surface area (Å²) >= 11 is 0. The maximum Gasteiger partial charge on any atom is 0.260 e. The number of piperazine rings is 1. The molecule has 1 aromatic carbocycles. The maximum absolute atomic E-state index is 13.5. The van der Waals surface area contributed by atoms with Gasteiger partial charge in [0.15, 0.2) is 18.2 Å². The van der Waals surface area contributed by atoms with Crippen molar-refractivity contribution in [2.75, 3.05) is 39.4 Å². The van der Waals surface area contributed by atoms with E-state index in [9.17, 15) is 18.4 Å². The number of hydrogen-bond acceptors (Lipinski definition) is 4. The molecular weight excluding hydrogens is 334 g/mol. The largest absolute Gasteiger partial charge is 0.481 e. The van der Waals surface area contributed by atoms with E-state index in [1.54, 1.807) is 9.80 Å². The molecule has 2 amide bonds. The molecule has 0 saturated carbocycles. The quantitative estimate of drug-likeness (QED) is 0.815. The Labute approximate surface area is 144 Å². The van der Waals surface area contributed by atoms with Gasteiger partial charge in [-0.2, -0.15) is 0 Å². The number of ether oxygens (including phenoxy) is 2. The Kier molecular flexibility index (Phi) is 5.47. The number of carbonyl (C=O) groups excluding carboxylic acids is 2. The van der Waals surface area contributed by atoms with Gasteiger partial charge in [0.05, 0.1) is 0 Å². The highest BCUT2D eigenvalue weighted by atomic mass is 19.1. The summed E-state index contributed by atoms with van der Waals surface area (Å²) in [7, 11) is 0. The van der Waals surface area contributed by atoms with Gasteiger partial charge >= 0.3 is 0 Å². The van der Waals surface area contributed by atoms with Crippen molar-refractivity contribution in [3.63, 3.8) is 0 Å². The third-order valence-corrected chi connectivity index (χ3v) is 4.39. The van der Waals surface area contributed by atoms with Crippen LogP contribution in [0.2, 0.25) is 0 Å². The van der Waals surface area contributed by atoms with E-state index in [2.05, 4.69) is 0 Å². The molecule has 0 bridgehead atoms. The van der Waals surface area contributed by atoms with E-state index in [-0.39, 0.29) is 30.3 Å². The minimum Gasteiger partial charge on any atom is -0.481 e. The fraction of sp³-hybridized carbons (Fsp3) is 0.529. The zero-order chi connectivity index (χ0) is 17.8. The molecule has 0 unspecified atom stereocenters. The van der Waals surface area contributed by atoms with Crippen molar-refractivity contribution in [3.8, 4) is 5.75 Å². The number of nitrogens with zero attached hydrogens (tertiary/aromatic N) is 2. The van der Waals surface area contributed by atoms with Crippen LogP contribution in [0, 0.1) is 11.6 Å². The molecule has 2 fully saturated rings. The van der Waals surface area contributed by atoms with Crippen molar-refractivity contribution in [1.29, 1.82) is 0 Å². The number of amides is 2. The topological polar surface area (TPSA) is 59.1 Å². The van der Waals surface area contributed by atoms with Crippen LogP contribution in [0.3, 0.4) is 0 Å². The average Bonchev–Trinajstić information content (AvgIpc) is 3.15. The van der Waals surface area contributed by atoms with Crippen molar-refractivity contribution in [2.24, 2.45) is 0 Å². The van der Waals surface area contributed by atoms with E-state index in [0.29, 0.717) is 38.9 Å². The fourth-order valence-electron chi connectivity index (χ4n) is 2.98. The summed E-state index contributed by atoms with van der Waals surface area (Å²) in [5, 5.41) is 0. The zero-order valence-electron chi connectivity index (χ0n) is 13.7. The SMILES string of the molecule is O=C(COc1ccc(F)cc1F)N1CCN(C(=O)[C@@H]2CCCO2)CC1. The molecule has 0 N–H and O–H groups in total. The lowest BCUT2D eigenvalue weighted by atomic mass is 10.2. The Morgan fingerprint density at radius 1 is 1.16 bits per heavy atom. The average molecular weight is 354 g/mol. The van der Waals surface area contributed by atoms with Gasteiger partial charge in [-0.25, -0.2) is 8.78 Å². The highest BCUT2D eigenvalue weighted by Crippen LogP contribution is 2.18. The van der Waals surface area contributed by atoms with Crippen LogP contribution in [0.5, 0.6) is 5.75 Å². The summed E-state index contributed by atoms with van der Waals surface area (Å²) in [4.78, 5) is 27.7. The second kappa shape index (κ2) is 7.77. The van der Waals surface area contributed by atoms with Crippen molar-refractivity contribution >= 4 is 11.8 Å². The predicted molar refractivity (Wildman–Crippen MR) is 84.0 cm³/mol. The molecule has 8 heteroatoms. The lowest BCUT2D eigenvalue weighted by Gasteiger charge is -2.35. The summed E-state index contributed by atoms with van der Waals surface area (Å²) in [5.74, 6) is -2.04. The van der Waals surface area contributed by atoms with E-state index < -0.39 is 11.6 Å². The molecule has 2 heterocycles. The minimum absolute atomic E-state index is 0.0192. The highest BCUT2D eigenvalue weighted by Gasteiger charge is 2.31. The van der Waals surface area contributed by atoms with Crippen LogP contribution < -0.4 is 4.74 Å². The van der Waals surface area contributed by atoms with Crippen LogP contribution in [0.25, 0.3) is 0 Å². The smallest absolute Gasteiger partial charge is 0.260 e. The summed E-state index contributed by atoms with van der Waals surface area (Å²) in [6.45, 7) is 1.96. The van der Waals surface area contributed by atoms with Crippen LogP contribution in [0.1, 0.15) is 12.8 Å². The maximum atomic E-state index is 13.5. The second-order valence-corrected chi connectivity index (χ2v) is 6.07. The van der Waals surface area contributed by atoms with Gasteiger partial charge in [0.2, 0.25) is 0 Å². The Balaban J connectivity index is 1.45. The second-order valence-electron chi connectivity index (χ2n) is 6.07. The first-order valence-electron chi connectivity index (χ1n) is 8.30. The van der Waals surface area contributed by atoms with Gasteiger partial charge in [-0.3, -0.25) is 9.59 Å². The van der Waals surface area contributed by atoms with Crippen molar-refractivity contribution < 1.29 is 27.8 Å². The zero-order valence-corrected chi connectivity index (χ0v) is 13.7. The van der Waals surface area contributed by atoms with E-state index in [4.69, 9.17) is 9.47 Å². The molecule has 6 nitrogen and oxygen atoms in total. The molecule has 136 valence electrons. The predicted octanol–water partition coefficient (Wildman–Crippen LogP) is 1.19. The van der Waals surface area contributed by atoms with E-state index in [1.807, 2.05) is 0 Å². The molecule has 2 saturated heterocycles. The van der Waals surface area contributed by atoms with Crippen LogP contribution in [-0.2, 0) is 14.3 Å². The van der Waals surface area contributed by atoms with Crippen molar-refractivity contribution in [3.05, 3.63) is 29.8 Å². The Morgan fingerprint density at radius 3 is 2.52 bits per heavy atom. The number of carbonyl (C=O) groups is 2. The lowest BCUT2D eigenvalue weighted by Crippen LogP contribution is -2.53. The molecule has 1 atom stereocenters. The van der Waals surface area contributed by atoms with Gasteiger partial charge in [-0.1, -0.05) is 0 Å². The number of benzene rings is 1. The van der Waals surface area contributed by atoms with Gasteiger partial charge in [-0.15, -0.1) is 0 Å². The molecule has 0 radical (unpaired) electrons. The summed E-state index contributed by atoms with van der Waals surface area (Å²) < 4.78 is 36.8. The first-order chi connectivity index (χ1) is 12.0. The van der Waals surface area contributed by atoms with Gasteiger partial charge in [0.25, 0.3) is 11.8 Å². The molecule has 0 spiro atoms. The Hall–Kier alpha value is -2.22. The van der Waals surface area contributed by atoms with Crippen LogP contribution in [-0.4, -0.2) is 67.1 Å². The molecule has 0 aromatic heterocycles. The number of halogens is 2. The van der Waals surface area contributed by atoms with Gasteiger partial charge in [-0.05, 0) is 25.0 Å². The van der Waals surface area contributed by atoms with Crippen LogP contribution >= 0.6 is 0 Å². The molecular formula is C17H20F2N2O4. The molecule has 25 heavy (non-hydrogen) atoms. The van der Waals surface area contributed by atoms with Crippen molar-refractivity contribution in [2.45, 2.75) is 18.9 Å². The number of hydrogen-bond donors (Lipinski definition) is 0. The molecule has 2 aliphatic rings. The van der Waals surface area contributed by atoms with Crippen LogP contribution in [0.15, 0.2) is 18.2 Å². The molecule has 3 rings (SSSR count). The monoisotopic (exact) mass is 354 g/mol. The first kappa shape index (κ1) is 17.6. The lowest BCUT2D eigenvalue weighted by molar-refractivity contribution is -0.146. The van der Waals surface area contributed by atoms with Gasteiger partial charge in [0.1, 0.15) is 11.9 Å². The van der Waals surface area contributed by atoms with Crippen molar-refractivity contribution in [1.82, 2.24) is 9.80 Å². The molecule has 1 aromatic rings. The van der Waals surface area contributed by atoms with E-state index >= 15 is 0 Å². The van der Waals surface area contributed by atoms with E-state index in [0.717, 1.165) is 25.0 Å². The summed E-state index contributed by atoms with van der Waals surface area (Å²) in [6, 6.07) is 2.92. The normalized spacial score (nSPS) is 20.6. The minimum atomic E-state index is -0.847. The third-order valence-electron chi connectivity index (χ3n) is 4.39. The van der Waals surface area contributed by atoms with Gasteiger partial charge in [0, 0.05) is 38.9 Å². The van der Waals surface area contributed by atoms with Crippen LogP contribution in [0.4, 0.5) is 8.78 Å².